The standard InChI is InChI=1S/C13H22O/c14-12-8-10-6-7-11(12)13(10)9-4-2-1-3-5-9/h9-14H,1-8H2/t10-,11+,12-,13+/m0/s1. The zero-order valence-electron chi connectivity index (χ0n) is 8.99. The van der Waals surface area contributed by atoms with Crippen molar-refractivity contribution in [3.8, 4) is 0 Å². The monoisotopic (exact) mass is 194 g/mol. The lowest BCUT2D eigenvalue weighted by atomic mass is 9.75. The molecular formula is C13H22O. The predicted octanol–water partition coefficient (Wildman–Crippen LogP) is 2.97. The Kier molecular flexibility index (Phi) is 2.31. The molecule has 0 aromatic heterocycles. The van der Waals surface area contributed by atoms with Gasteiger partial charge in [-0.05, 0) is 42.9 Å². The van der Waals surface area contributed by atoms with Gasteiger partial charge in [-0.25, -0.2) is 0 Å². The molecule has 1 heteroatoms. The van der Waals surface area contributed by atoms with Gasteiger partial charge in [0.15, 0.2) is 0 Å². The molecule has 3 saturated carbocycles. The number of aliphatic hydroxyl groups is 1. The fourth-order valence-corrected chi connectivity index (χ4v) is 4.60. The van der Waals surface area contributed by atoms with Crippen LogP contribution in [0.2, 0.25) is 0 Å². The highest BCUT2D eigenvalue weighted by molar-refractivity contribution is 4.99. The molecular weight excluding hydrogens is 172 g/mol. The van der Waals surface area contributed by atoms with Crippen LogP contribution in [0.15, 0.2) is 0 Å². The predicted molar refractivity (Wildman–Crippen MR) is 56.9 cm³/mol. The Morgan fingerprint density at radius 2 is 1.57 bits per heavy atom. The second kappa shape index (κ2) is 3.52. The lowest BCUT2D eigenvalue weighted by Crippen LogP contribution is -2.24. The van der Waals surface area contributed by atoms with E-state index in [9.17, 15) is 5.11 Å². The van der Waals surface area contributed by atoms with Crippen molar-refractivity contribution in [1.82, 2.24) is 0 Å². The Labute approximate surface area is 86.9 Å². The van der Waals surface area contributed by atoms with Crippen LogP contribution in [0.3, 0.4) is 0 Å². The van der Waals surface area contributed by atoms with E-state index in [2.05, 4.69) is 0 Å². The van der Waals surface area contributed by atoms with Crippen molar-refractivity contribution >= 4 is 0 Å². The third kappa shape index (κ3) is 1.32. The van der Waals surface area contributed by atoms with E-state index in [0.717, 1.165) is 24.2 Å². The molecule has 3 aliphatic carbocycles. The van der Waals surface area contributed by atoms with Crippen LogP contribution in [0.1, 0.15) is 51.4 Å². The van der Waals surface area contributed by atoms with Crippen LogP contribution in [0.25, 0.3) is 0 Å². The van der Waals surface area contributed by atoms with Crippen LogP contribution in [-0.4, -0.2) is 11.2 Å². The minimum atomic E-state index is 0.0701. The molecule has 0 spiro atoms. The molecule has 0 aliphatic heterocycles. The fourth-order valence-electron chi connectivity index (χ4n) is 4.60. The lowest BCUT2D eigenvalue weighted by molar-refractivity contribution is 0.0951. The summed E-state index contributed by atoms with van der Waals surface area (Å²) in [6.07, 6.45) is 11.2. The van der Waals surface area contributed by atoms with Gasteiger partial charge in [0.1, 0.15) is 0 Å². The second-order valence-corrected chi connectivity index (χ2v) is 5.78. The molecule has 4 atom stereocenters. The van der Waals surface area contributed by atoms with Crippen molar-refractivity contribution in [2.24, 2.45) is 23.7 Å². The fraction of sp³-hybridized carbons (Fsp3) is 1.00. The van der Waals surface area contributed by atoms with Crippen LogP contribution in [0.5, 0.6) is 0 Å². The molecule has 2 bridgehead atoms. The van der Waals surface area contributed by atoms with Crippen molar-refractivity contribution in [2.45, 2.75) is 57.5 Å². The molecule has 1 nitrogen and oxygen atoms in total. The van der Waals surface area contributed by atoms with Crippen LogP contribution < -0.4 is 0 Å². The number of aliphatic hydroxyl groups excluding tert-OH is 1. The maximum atomic E-state index is 9.92. The molecule has 0 aromatic carbocycles. The number of fused-ring (bicyclic) bond motifs is 2. The van der Waals surface area contributed by atoms with E-state index in [4.69, 9.17) is 0 Å². The largest absolute Gasteiger partial charge is 0.393 e. The van der Waals surface area contributed by atoms with Gasteiger partial charge in [-0.3, -0.25) is 0 Å². The molecule has 0 aromatic rings. The van der Waals surface area contributed by atoms with E-state index >= 15 is 0 Å². The van der Waals surface area contributed by atoms with E-state index in [1.165, 1.54) is 44.9 Å². The molecule has 3 fully saturated rings. The topological polar surface area (TPSA) is 20.2 Å². The van der Waals surface area contributed by atoms with Gasteiger partial charge in [-0.2, -0.15) is 0 Å². The van der Waals surface area contributed by atoms with E-state index in [1.54, 1.807) is 0 Å². The Hall–Kier alpha value is -0.0400. The average Bonchev–Trinajstić information content (AvgIpc) is 2.75. The summed E-state index contributed by atoms with van der Waals surface area (Å²) in [5.74, 6) is 3.50. The van der Waals surface area contributed by atoms with E-state index in [1.807, 2.05) is 0 Å². The second-order valence-electron chi connectivity index (χ2n) is 5.78. The van der Waals surface area contributed by atoms with Crippen molar-refractivity contribution in [3.05, 3.63) is 0 Å². The zero-order chi connectivity index (χ0) is 9.54. The van der Waals surface area contributed by atoms with Crippen LogP contribution in [0, 0.1) is 23.7 Å². The van der Waals surface area contributed by atoms with Crippen LogP contribution >= 0.6 is 0 Å². The van der Waals surface area contributed by atoms with Crippen LogP contribution in [-0.2, 0) is 0 Å². The van der Waals surface area contributed by atoms with Gasteiger partial charge in [-0.15, -0.1) is 0 Å². The third-order valence-electron chi connectivity index (χ3n) is 5.14. The lowest BCUT2D eigenvalue weighted by Gasteiger charge is -2.30. The summed E-state index contributed by atoms with van der Waals surface area (Å²) in [4.78, 5) is 0. The molecule has 80 valence electrons. The molecule has 1 N–H and O–H groups in total. The first-order valence-corrected chi connectivity index (χ1v) is 6.54. The molecule has 3 rings (SSSR count). The molecule has 3 aliphatic rings. The van der Waals surface area contributed by atoms with Crippen molar-refractivity contribution in [2.75, 3.05) is 0 Å². The molecule has 0 unspecified atom stereocenters. The van der Waals surface area contributed by atoms with E-state index in [0.29, 0.717) is 5.92 Å². The first-order valence-electron chi connectivity index (χ1n) is 6.54. The van der Waals surface area contributed by atoms with Gasteiger partial charge in [-0.1, -0.05) is 32.1 Å². The van der Waals surface area contributed by atoms with Crippen molar-refractivity contribution in [1.29, 1.82) is 0 Å². The Morgan fingerprint density at radius 1 is 0.786 bits per heavy atom. The quantitative estimate of drug-likeness (QED) is 0.680. The Morgan fingerprint density at radius 3 is 2.14 bits per heavy atom. The minimum absolute atomic E-state index is 0.0701. The van der Waals surface area contributed by atoms with Gasteiger partial charge in [0.05, 0.1) is 6.10 Å². The number of rotatable bonds is 1. The summed E-state index contributed by atoms with van der Waals surface area (Å²) >= 11 is 0. The van der Waals surface area contributed by atoms with Crippen LogP contribution in [0.4, 0.5) is 0 Å². The average molecular weight is 194 g/mol. The van der Waals surface area contributed by atoms with Gasteiger partial charge in [0, 0.05) is 0 Å². The summed E-state index contributed by atoms with van der Waals surface area (Å²) in [6, 6.07) is 0. The van der Waals surface area contributed by atoms with Gasteiger partial charge >= 0.3 is 0 Å². The first kappa shape index (κ1) is 9.21. The molecule has 14 heavy (non-hydrogen) atoms. The SMILES string of the molecule is O[C@H]1C[C@@H]2CC[C@H]1[C@@H]2C1CCCCC1. The summed E-state index contributed by atoms with van der Waals surface area (Å²) in [7, 11) is 0. The Bertz CT molecular complexity index is 207. The molecule has 0 amide bonds. The minimum Gasteiger partial charge on any atom is -0.393 e. The van der Waals surface area contributed by atoms with Crippen molar-refractivity contribution < 1.29 is 5.11 Å². The van der Waals surface area contributed by atoms with E-state index in [-0.39, 0.29) is 6.10 Å². The summed E-state index contributed by atoms with van der Waals surface area (Å²) in [5, 5.41) is 9.92. The van der Waals surface area contributed by atoms with Gasteiger partial charge < -0.3 is 5.11 Å². The normalized spacial score (nSPS) is 48.6. The van der Waals surface area contributed by atoms with E-state index < -0.39 is 0 Å². The van der Waals surface area contributed by atoms with Crippen molar-refractivity contribution in [3.63, 3.8) is 0 Å². The summed E-state index contributed by atoms with van der Waals surface area (Å²) in [6.45, 7) is 0. The summed E-state index contributed by atoms with van der Waals surface area (Å²) < 4.78 is 0. The summed E-state index contributed by atoms with van der Waals surface area (Å²) in [5.41, 5.74) is 0. The number of hydrogen-bond donors (Lipinski definition) is 1. The highest BCUT2D eigenvalue weighted by atomic mass is 16.3. The maximum Gasteiger partial charge on any atom is 0.0574 e. The first-order chi connectivity index (χ1) is 6.86. The smallest absolute Gasteiger partial charge is 0.0574 e. The Balaban J connectivity index is 1.72. The third-order valence-corrected chi connectivity index (χ3v) is 5.14. The number of hydrogen-bond acceptors (Lipinski definition) is 1. The molecule has 0 saturated heterocycles. The molecule has 0 heterocycles. The zero-order valence-corrected chi connectivity index (χ0v) is 8.99. The highest BCUT2D eigenvalue weighted by Crippen LogP contribution is 2.54. The highest BCUT2D eigenvalue weighted by Gasteiger charge is 2.49. The van der Waals surface area contributed by atoms with Gasteiger partial charge in [0.25, 0.3) is 0 Å². The maximum absolute atomic E-state index is 9.92. The van der Waals surface area contributed by atoms with Gasteiger partial charge in [0.2, 0.25) is 0 Å². The molecule has 0 radical (unpaired) electrons.